The number of para-hydroxylation sites is 2. The molecule has 0 N–H and O–H groups in total. The van der Waals surface area contributed by atoms with Crippen LogP contribution in [0, 0.1) is 0 Å². The molecule has 2 heteroatoms. The van der Waals surface area contributed by atoms with E-state index < -0.39 is 8.07 Å². The number of aromatic nitrogens is 1. The van der Waals surface area contributed by atoms with E-state index in [9.17, 15) is 0 Å². The van der Waals surface area contributed by atoms with Crippen LogP contribution in [0.5, 0.6) is 0 Å². The number of rotatable bonds is 6. The van der Waals surface area contributed by atoms with Crippen LogP contribution in [0.2, 0.25) is 0 Å². The van der Waals surface area contributed by atoms with Gasteiger partial charge in [-0.25, -0.2) is 0 Å². The van der Waals surface area contributed by atoms with E-state index in [0.29, 0.717) is 0 Å². The third-order valence-corrected chi connectivity index (χ3v) is 16.8. The molecule has 0 saturated carbocycles. The standard InChI is InChI=1S/C51H41NSi/c1-51(2)47-27-14-12-25-43(47)44-31-29-37(34-48(44)51)36-17-16-24-41(33-36)53(39-20-8-4-9-21-39,40-22-10-5-11-23-40)42-30-32-46-45-26-13-15-28-49(45)52(50(46)35-42)38-18-6-3-7-19-38/h3-13,15-26,28-35H,14,27H2,1-2H3. The largest absolute Gasteiger partial charge is 0.309 e. The number of benzene rings is 7. The van der Waals surface area contributed by atoms with Gasteiger partial charge in [0.05, 0.1) is 11.0 Å². The Hall–Kier alpha value is -5.96. The minimum absolute atomic E-state index is 0.0300. The predicted molar refractivity (Wildman–Crippen MR) is 228 cm³/mol. The Morgan fingerprint density at radius 3 is 1.89 bits per heavy atom. The van der Waals surface area contributed by atoms with E-state index >= 15 is 0 Å². The second kappa shape index (κ2) is 12.3. The van der Waals surface area contributed by atoms with Crippen LogP contribution in [0.25, 0.3) is 44.2 Å². The van der Waals surface area contributed by atoms with Gasteiger partial charge < -0.3 is 4.57 Å². The van der Waals surface area contributed by atoms with Crippen molar-refractivity contribution in [3.05, 3.63) is 205 Å². The molecule has 0 aliphatic heterocycles. The maximum absolute atomic E-state index is 2.86. The molecule has 0 fully saturated rings. The van der Waals surface area contributed by atoms with Crippen LogP contribution >= 0.6 is 0 Å². The Morgan fingerprint density at radius 2 is 1.13 bits per heavy atom. The smallest absolute Gasteiger partial charge is 0.179 e. The number of hydrogen-bond donors (Lipinski definition) is 0. The van der Waals surface area contributed by atoms with Crippen molar-refractivity contribution in [3.8, 4) is 16.8 Å². The van der Waals surface area contributed by atoms with Crippen molar-refractivity contribution in [2.45, 2.75) is 32.1 Å². The summed E-state index contributed by atoms with van der Waals surface area (Å²) in [6.45, 7) is 4.84. The highest BCUT2D eigenvalue weighted by molar-refractivity contribution is 7.20. The average Bonchev–Trinajstić information content (AvgIpc) is 3.67. The Balaban J connectivity index is 1.23. The average molecular weight is 696 g/mol. The lowest BCUT2D eigenvalue weighted by molar-refractivity contribution is 0.607. The SMILES string of the molecule is CC1(C)C2=C(C=CCC2)c2ccc(-c3cccc([Si](c4ccccc4)(c4ccccc4)c4ccc5c6ccccc6n(-c6ccccc6)c5c4)c3)cc21. The Morgan fingerprint density at radius 1 is 0.509 bits per heavy atom. The van der Waals surface area contributed by atoms with Crippen LogP contribution in [-0.2, 0) is 5.41 Å². The van der Waals surface area contributed by atoms with Gasteiger partial charge in [-0.1, -0.05) is 177 Å². The quantitative estimate of drug-likeness (QED) is 0.121. The molecule has 1 nitrogen and oxygen atoms in total. The van der Waals surface area contributed by atoms with Crippen molar-refractivity contribution in [3.63, 3.8) is 0 Å². The third-order valence-electron chi connectivity index (χ3n) is 12.1. The minimum atomic E-state index is -2.86. The molecule has 8 aromatic rings. The molecule has 0 bridgehead atoms. The van der Waals surface area contributed by atoms with Crippen molar-refractivity contribution < 1.29 is 0 Å². The fraction of sp³-hybridized carbons (Fsp3) is 0.0980. The van der Waals surface area contributed by atoms with Gasteiger partial charge >= 0.3 is 0 Å². The molecule has 0 saturated heterocycles. The molecule has 254 valence electrons. The van der Waals surface area contributed by atoms with Crippen molar-refractivity contribution >= 4 is 56.2 Å². The summed E-state index contributed by atoms with van der Waals surface area (Å²) < 4.78 is 2.45. The number of hydrogen-bond acceptors (Lipinski definition) is 0. The van der Waals surface area contributed by atoms with E-state index in [2.05, 4.69) is 206 Å². The van der Waals surface area contributed by atoms with Crippen molar-refractivity contribution in [1.29, 1.82) is 0 Å². The molecule has 1 aromatic heterocycles. The van der Waals surface area contributed by atoms with Crippen molar-refractivity contribution in [1.82, 2.24) is 4.57 Å². The highest BCUT2D eigenvalue weighted by Crippen LogP contribution is 2.50. The molecule has 10 rings (SSSR count). The summed E-state index contributed by atoms with van der Waals surface area (Å²) >= 11 is 0. The van der Waals surface area contributed by atoms with Gasteiger partial charge in [-0.15, -0.1) is 0 Å². The van der Waals surface area contributed by atoms with E-state index in [1.807, 2.05) is 0 Å². The second-order valence-electron chi connectivity index (χ2n) is 15.2. The molecule has 2 aliphatic rings. The molecule has 7 aromatic carbocycles. The van der Waals surface area contributed by atoms with Gasteiger partial charge in [0.15, 0.2) is 8.07 Å². The first-order valence-corrected chi connectivity index (χ1v) is 20.9. The van der Waals surface area contributed by atoms with Crippen LogP contribution < -0.4 is 20.7 Å². The summed E-state index contributed by atoms with van der Waals surface area (Å²) in [5, 5.41) is 8.07. The first-order valence-electron chi connectivity index (χ1n) is 18.9. The van der Waals surface area contributed by atoms with E-state index in [0.717, 1.165) is 12.8 Å². The molecule has 0 spiro atoms. The highest BCUT2D eigenvalue weighted by atomic mass is 28.3. The van der Waals surface area contributed by atoms with Crippen LogP contribution in [-0.4, -0.2) is 12.6 Å². The summed E-state index contributed by atoms with van der Waals surface area (Å²) in [5.41, 5.74) is 12.1. The number of fused-ring (bicyclic) bond motifs is 5. The van der Waals surface area contributed by atoms with E-state index in [1.165, 1.54) is 76.1 Å². The third kappa shape index (κ3) is 4.82. The molecule has 0 amide bonds. The maximum atomic E-state index is 2.52. The molecular formula is C51H41NSi. The van der Waals surface area contributed by atoms with E-state index in [4.69, 9.17) is 0 Å². The molecule has 0 unspecified atom stereocenters. The summed E-state index contributed by atoms with van der Waals surface area (Å²) in [4.78, 5) is 0. The zero-order valence-corrected chi connectivity index (χ0v) is 31.3. The van der Waals surface area contributed by atoms with Gasteiger partial charge in [0.2, 0.25) is 0 Å². The first kappa shape index (κ1) is 31.7. The van der Waals surface area contributed by atoms with Crippen LogP contribution in [0.4, 0.5) is 0 Å². The summed E-state index contributed by atoms with van der Waals surface area (Å²) in [5.74, 6) is 0. The van der Waals surface area contributed by atoms with Crippen LogP contribution in [0.15, 0.2) is 194 Å². The topological polar surface area (TPSA) is 4.93 Å². The minimum Gasteiger partial charge on any atom is -0.309 e. The van der Waals surface area contributed by atoms with E-state index in [1.54, 1.807) is 5.57 Å². The van der Waals surface area contributed by atoms with Gasteiger partial charge in [-0.05, 0) is 91.7 Å². The molecule has 2 aliphatic carbocycles. The highest BCUT2D eigenvalue weighted by Gasteiger charge is 2.42. The van der Waals surface area contributed by atoms with E-state index in [-0.39, 0.29) is 5.41 Å². The normalized spacial score (nSPS) is 14.8. The Bertz CT molecular complexity index is 2690. The number of allylic oxidation sites excluding steroid dienone is 4. The molecular weight excluding hydrogens is 655 g/mol. The monoisotopic (exact) mass is 695 g/mol. The fourth-order valence-electron chi connectivity index (χ4n) is 9.57. The maximum Gasteiger partial charge on any atom is 0.179 e. The fourth-order valence-corrected chi connectivity index (χ4v) is 14.4. The van der Waals surface area contributed by atoms with Gasteiger partial charge in [0.1, 0.15) is 0 Å². The second-order valence-corrected chi connectivity index (χ2v) is 19.0. The molecule has 53 heavy (non-hydrogen) atoms. The van der Waals surface area contributed by atoms with Crippen molar-refractivity contribution in [2.24, 2.45) is 0 Å². The zero-order valence-electron chi connectivity index (χ0n) is 30.3. The summed E-state index contributed by atoms with van der Waals surface area (Å²) in [7, 11) is -2.86. The molecule has 0 atom stereocenters. The van der Waals surface area contributed by atoms with Gasteiger partial charge in [-0.3, -0.25) is 0 Å². The zero-order chi connectivity index (χ0) is 35.6. The van der Waals surface area contributed by atoms with Gasteiger partial charge in [0.25, 0.3) is 0 Å². The number of nitrogens with zero attached hydrogens (tertiary/aromatic N) is 1. The lowest BCUT2D eigenvalue weighted by Gasteiger charge is -2.35. The summed E-state index contributed by atoms with van der Waals surface area (Å²) in [6, 6.07) is 66.4. The molecule has 0 radical (unpaired) electrons. The van der Waals surface area contributed by atoms with Crippen molar-refractivity contribution in [2.75, 3.05) is 0 Å². The summed E-state index contributed by atoms with van der Waals surface area (Å²) in [6.07, 6.45) is 6.98. The molecule has 1 heterocycles. The lowest BCUT2D eigenvalue weighted by Crippen LogP contribution is -2.74. The Kier molecular flexibility index (Phi) is 7.38. The Labute approximate surface area is 313 Å². The van der Waals surface area contributed by atoms with Gasteiger partial charge in [0, 0.05) is 21.9 Å². The van der Waals surface area contributed by atoms with Gasteiger partial charge in [-0.2, -0.15) is 0 Å². The van der Waals surface area contributed by atoms with Crippen LogP contribution in [0.3, 0.4) is 0 Å². The van der Waals surface area contributed by atoms with Crippen LogP contribution in [0.1, 0.15) is 37.8 Å². The first-order chi connectivity index (χ1) is 26.0. The lowest BCUT2D eigenvalue weighted by atomic mass is 9.78. The predicted octanol–water partition coefficient (Wildman–Crippen LogP) is 10.2.